The van der Waals surface area contributed by atoms with E-state index in [1.165, 1.54) is 42.6 Å². The first-order valence-electron chi connectivity index (χ1n) is 15.9. The number of alkyl halides is 4. The van der Waals surface area contributed by atoms with E-state index in [1.807, 2.05) is 12.1 Å². The molecule has 49 heavy (non-hydrogen) atoms. The maximum absolute atomic E-state index is 14.9. The number of halogens is 4. The summed E-state index contributed by atoms with van der Waals surface area (Å²) in [7, 11) is -4.11. The number of nitrogens with zero attached hydrogens (tertiary/aromatic N) is 2. The van der Waals surface area contributed by atoms with Gasteiger partial charge in [0.1, 0.15) is 11.7 Å². The van der Waals surface area contributed by atoms with Gasteiger partial charge in [0.15, 0.2) is 10.8 Å². The Morgan fingerprint density at radius 3 is 2.12 bits per heavy atom. The van der Waals surface area contributed by atoms with Crippen molar-refractivity contribution in [1.29, 1.82) is 0 Å². The second-order valence-electron chi connectivity index (χ2n) is 13.6. The highest BCUT2D eigenvalue weighted by Crippen LogP contribution is 2.35. The molecule has 2 aromatic carbocycles. The lowest BCUT2D eigenvalue weighted by molar-refractivity contribution is -0.161. The van der Waals surface area contributed by atoms with Crippen molar-refractivity contribution in [2.45, 2.75) is 94.0 Å². The van der Waals surface area contributed by atoms with Crippen LogP contribution < -0.4 is 10.6 Å². The van der Waals surface area contributed by atoms with E-state index in [-0.39, 0.29) is 30.0 Å². The number of nitrogens with one attached hydrogen (secondary N) is 2. The number of carbonyl (C=O) groups excluding carboxylic acids is 2. The molecule has 0 bridgehead atoms. The number of rotatable bonds is 12. The molecular weight excluding hydrogens is 664 g/mol. The molecule has 3 N–H and O–H groups in total. The zero-order valence-electron chi connectivity index (χ0n) is 27.8. The largest absolute Gasteiger partial charge is 0.407 e. The molecule has 9 nitrogen and oxygen atoms in total. The van der Waals surface area contributed by atoms with Crippen LogP contribution in [0.4, 0.5) is 17.6 Å². The smallest absolute Gasteiger partial charge is 0.390 e. The normalized spacial score (nSPS) is 18.1. The molecule has 0 aliphatic carbocycles. The fourth-order valence-corrected chi connectivity index (χ4v) is 7.11. The van der Waals surface area contributed by atoms with E-state index in [0.717, 1.165) is 29.3 Å². The van der Waals surface area contributed by atoms with Crippen LogP contribution in [0.15, 0.2) is 78.0 Å². The van der Waals surface area contributed by atoms with Crippen LogP contribution in [0, 0.1) is 0 Å². The lowest BCUT2D eigenvalue weighted by atomic mass is 9.95. The van der Waals surface area contributed by atoms with Crippen molar-refractivity contribution in [2.75, 3.05) is 13.1 Å². The molecule has 1 unspecified atom stereocenters. The summed E-state index contributed by atoms with van der Waals surface area (Å²) >= 11 is 0. The number of pyridine rings is 1. The Morgan fingerprint density at radius 2 is 1.59 bits per heavy atom. The molecule has 4 rings (SSSR count). The van der Waals surface area contributed by atoms with Crippen LogP contribution in [-0.2, 0) is 26.0 Å². The second-order valence-corrected chi connectivity index (χ2v) is 15.5. The quantitative estimate of drug-likeness (QED) is 0.218. The van der Waals surface area contributed by atoms with Crippen molar-refractivity contribution in [3.63, 3.8) is 0 Å². The summed E-state index contributed by atoms with van der Waals surface area (Å²) in [5.41, 5.74) is -0.877. The lowest BCUT2D eigenvalue weighted by Crippen LogP contribution is -2.54. The van der Waals surface area contributed by atoms with Gasteiger partial charge in [0.2, 0.25) is 5.91 Å². The maximum Gasteiger partial charge on any atom is 0.407 e. The van der Waals surface area contributed by atoms with Crippen LogP contribution in [-0.4, -0.2) is 77.1 Å². The minimum atomic E-state index is -4.88. The highest BCUT2D eigenvalue weighted by atomic mass is 32.2. The molecule has 266 valence electrons. The summed E-state index contributed by atoms with van der Waals surface area (Å²) in [5.74, 6) is -1.66. The Kier molecular flexibility index (Phi) is 11.7. The predicted octanol–water partition coefficient (Wildman–Crippen LogP) is 5.30. The number of aliphatic hydroxyl groups is 1. The lowest BCUT2D eigenvalue weighted by Gasteiger charge is -2.31. The zero-order valence-corrected chi connectivity index (χ0v) is 28.6. The average Bonchev–Trinajstić information content (AvgIpc) is 3.19. The third-order valence-electron chi connectivity index (χ3n) is 8.05. The van der Waals surface area contributed by atoms with Gasteiger partial charge in [-0.25, -0.2) is 17.8 Å². The van der Waals surface area contributed by atoms with Crippen LogP contribution in [0.5, 0.6) is 0 Å². The van der Waals surface area contributed by atoms with Gasteiger partial charge < -0.3 is 10.4 Å². The summed E-state index contributed by atoms with van der Waals surface area (Å²) in [6, 6.07) is 12.0. The van der Waals surface area contributed by atoms with Gasteiger partial charge in [-0.1, -0.05) is 54.6 Å². The Balaban J connectivity index is 1.51. The van der Waals surface area contributed by atoms with Crippen molar-refractivity contribution in [1.82, 2.24) is 19.9 Å². The summed E-state index contributed by atoms with van der Waals surface area (Å²) in [6.07, 6.45) is -3.57. The van der Waals surface area contributed by atoms with Crippen LogP contribution in [0.2, 0.25) is 0 Å². The molecule has 0 saturated carbocycles. The van der Waals surface area contributed by atoms with Crippen LogP contribution in [0.3, 0.4) is 0 Å². The summed E-state index contributed by atoms with van der Waals surface area (Å²) in [6.45, 7) is 5.05. The standard InChI is InChI=1S/C35H42F4N4O5S/c1-33(2,36)21-28(32(45)42-27-8-7-19-43(22-29(27)44)49(47,48)30-9-5-6-18-40-30)41-31(35(37,38)39)26-16-14-25(15-17-26)24-12-10-23(11-13-24)20-34(3,4)46/h5-6,9-18,27-28,31,41,46H,7-8,19-22H2,1-4H3,(H,42,45)/t27?,28-,31-/m0/s1. The minimum Gasteiger partial charge on any atom is -0.390 e. The number of carbonyl (C=O) groups is 2. The predicted molar refractivity (Wildman–Crippen MR) is 177 cm³/mol. The van der Waals surface area contributed by atoms with E-state index in [1.54, 1.807) is 32.0 Å². The molecule has 3 atom stereocenters. The Morgan fingerprint density at radius 1 is 0.980 bits per heavy atom. The SMILES string of the molecule is CC(C)(O)Cc1ccc(-c2ccc([C@H](N[C@@H](CC(C)(C)F)C(=O)NC3CCCN(S(=O)(=O)c4ccccn4)CC3=O)C(F)(F)F)cc2)cc1. The van der Waals surface area contributed by atoms with Gasteiger partial charge in [-0.3, -0.25) is 14.9 Å². The molecule has 1 amide bonds. The monoisotopic (exact) mass is 706 g/mol. The Hall–Kier alpha value is -3.72. The number of aromatic nitrogens is 1. The number of benzene rings is 2. The summed E-state index contributed by atoms with van der Waals surface area (Å²) in [4.78, 5) is 30.5. The molecular formula is C35H42F4N4O5S. The van der Waals surface area contributed by atoms with Crippen molar-refractivity contribution >= 4 is 21.7 Å². The molecule has 3 aromatic rings. The molecule has 14 heteroatoms. The molecule has 0 spiro atoms. The van der Waals surface area contributed by atoms with Crippen molar-refractivity contribution in [3.05, 3.63) is 84.1 Å². The summed E-state index contributed by atoms with van der Waals surface area (Å²) in [5, 5.41) is 14.6. The van der Waals surface area contributed by atoms with E-state index in [2.05, 4.69) is 15.6 Å². The average molecular weight is 707 g/mol. The fourth-order valence-electron chi connectivity index (χ4n) is 5.73. The number of hydrogen-bond donors (Lipinski definition) is 3. The van der Waals surface area contributed by atoms with Crippen LogP contribution in [0.1, 0.15) is 64.1 Å². The van der Waals surface area contributed by atoms with E-state index < -0.39 is 70.3 Å². The molecule has 1 saturated heterocycles. The van der Waals surface area contributed by atoms with Gasteiger partial charge >= 0.3 is 6.18 Å². The van der Waals surface area contributed by atoms with E-state index >= 15 is 0 Å². The van der Waals surface area contributed by atoms with Crippen LogP contribution in [0.25, 0.3) is 11.1 Å². The Bertz CT molecular complexity index is 1690. The van der Waals surface area contributed by atoms with Gasteiger partial charge in [0.25, 0.3) is 10.0 Å². The minimum absolute atomic E-state index is 0.0344. The van der Waals surface area contributed by atoms with Gasteiger partial charge in [-0.2, -0.15) is 17.5 Å². The van der Waals surface area contributed by atoms with Gasteiger partial charge in [0.05, 0.1) is 24.2 Å². The zero-order chi connectivity index (χ0) is 36.2. The number of hydrogen-bond acceptors (Lipinski definition) is 7. The molecule has 2 heterocycles. The molecule has 1 aliphatic rings. The second kappa shape index (κ2) is 15.0. The van der Waals surface area contributed by atoms with Crippen LogP contribution >= 0.6 is 0 Å². The van der Waals surface area contributed by atoms with Gasteiger partial charge in [0, 0.05) is 25.6 Å². The molecule has 1 aliphatic heterocycles. The highest BCUT2D eigenvalue weighted by molar-refractivity contribution is 7.89. The number of sulfonamides is 1. The third kappa shape index (κ3) is 10.6. The van der Waals surface area contributed by atoms with Crippen molar-refractivity contribution in [2.24, 2.45) is 0 Å². The van der Waals surface area contributed by atoms with Crippen molar-refractivity contribution in [3.8, 4) is 11.1 Å². The number of ketones is 1. The van der Waals surface area contributed by atoms with E-state index in [9.17, 15) is 40.7 Å². The first kappa shape index (κ1) is 38.1. The first-order chi connectivity index (χ1) is 22.7. The van der Waals surface area contributed by atoms with Gasteiger partial charge in [-0.15, -0.1) is 0 Å². The van der Waals surface area contributed by atoms with Crippen molar-refractivity contribution < 1.29 is 40.7 Å². The highest BCUT2D eigenvalue weighted by Gasteiger charge is 2.44. The summed E-state index contributed by atoms with van der Waals surface area (Å²) < 4.78 is 85.5. The van der Waals surface area contributed by atoms with Gasteiger partial charge in [-0.05, 0) is 74.9 Å². The number of amides is 1. The topological polar surface area (TPSA) is 129 Å². The van der Waals surface area contributed by atoms with E-state index in [4.69, 9.17) is 0 Å². The van der Waals surface area contributed by atoms with E-state index in [0.29, 0.717) is 12.0 Å². The molecule has 1 aromatic heterocycles. The first-order valence-corrected chi connectivity index (χ1v) is 17.3. The molecule has 0 radical (unpaired) electrons. The molecule has 1 fully saturated rings. The maximum atomic E-state index is 14.9. The fraction of sp³-hybridized carbons (Fsp3) is 0.457. The Labute approximate surface area is 284 Å². The number of Topliss-reactive ketones (excluding diaryl/α,β-unsaturated/α-hetero) is 1. The third-order valence-corrected chi connectivity index (χ3v) is 9.81.